The van der Waals surface area contributed by atoms with Crippen molar-refractivity contribution in [3.63, 3.8) is 0 Å². The maximum absolute atomic E-state index is 13.7. The normalized spacial score (nSPS) is 11.9. The second-order valence-corrected chi connectivity index (χ2v) is 6.28. The molecular weight excluding hydrogens is 333 g/mol. The van der Waals surface area contributed by atoms with Crippen molar-refractivity contribution in [2.24, 2.45) is 0 Å². The van der Waals surface area contributed by atoms with Gasteiger partial charge in [-0.1, -0.05) is 51.1 Å². The summed E-state index contributed by atoms with van der Waals surface area (Å²) in [6.07, 6.45) is -0.299. The number of carbonyl (C=O) groups excluding carboxylic acids is 1. The number of hydrogen-bond donors (Lipinski definition) is 1. The van der Waals surface area contributed by atoms with Gasteiger partial charge in [0, 0.05) is 0 Å². The molecule has 0 bridgehead atoms. The third-order valence-electron chi connectivity index (χ3n) is 3.97. The van der Waals surface area contributed by atoms with Crippen molar-refractivity contribution in [3.05, 3.63) is 59.9 Å². The molecule has 0 spiro atoms. The van der Waals surface area contributed by atoms with Gasteiger partial charge in [0.1, 0.15) is 12.4 Å². The van der Waals surface area contributed by atoms with E-state index in [1.165, 1.54) is 12.1 Å². The summed E-state index contributed by atoms with van der Waals surface area (Å²) in [5.41, 5.74) is 1.13. The monoisotopic (exact) mass is 359 g/mol. The van der Waals surface area contributed by atoms with Gasteiger partial charge in [0.05, 0.1) is 6.54 Å². The minimum atomic E-state index is -0.741. The maximum atomic E-state index is 13.7. The van der Waals surface area contributed by atoms with Gasteiger partial charge < -0.3 is 14.8 Å². The number of benzene rings is 2. The van der Waals surface area contributed by atoms with Gasteiger partial charge >= 0.3 is 0 Å². The highest BCUT2D eigenvalue weighted by Gasteiger charge is 2.19. The van der Waals surface area contributed by atoms with Gasteiger partial charge in [0.25, 0.3) is 5.91 Å². The predicted octanol–water partition coefficient (Wildman–Crippen LogP) is 4.30. The summed E-state index contributed by atoms with van der Waals surface area (Å²) in [5, 5.41) is 2.78. The number of rotatable bonds is 9. The molecule has 26 heavy (non-hydrogen) atoms. The molecule has 0 heterocycles. The molecule has 2 aromatic rings. The first kappa shape index (κ1) is 19.8. The summed E-state index contributed by atoms with van der Waals surface area (Å²) in [5.74, 6) is 0.506. The molecule has 2 aromatic carbocycles. The van der Waals surface area contributed by atoms with Crippen LogP contribution < -0.4 is 14.8 Å². The molecule has 0 unspecified atom stereocenters. The molecule has 2 rings (SSSR count). The first-order chi connectivity index (χ1) is 12.5. The smallest absolute Gasteiger partial charge is 0.261 e. The van der Waals surface area contributed by atoms with Crippen molar-refractivity contribution in [3.8, 4) is 11.5 Å². The molecule has 0 aliphatic carbocycles. The zero-order chi connectivity index (χ0) is 18.9. The van der Waals surface area contributed by atoms with Crippen molar-refractivity contribution in [1.82, 2.24) is 5.32 Å². The van der Waals surface area contributed by atoms with Gasteiger partial charge in [0.2, 0.25) is 0 Å². The fourth-order valence-corrected chi connectivity index (χ4v) is 2.55. The lowest BCUT2D eigenvalue weighted by molar-refractivity contribution is -0.128. The third kappa shape index (κ3) is 5.48. The Morgan fingerprint density at radius 3 is 2.38 bits per heavy atom. The number of hydrogen-bond acceptors (Lipinski definition) is 3. The van der Waals surface area contributed by atoms with Gasteiger partial charge in [-0.15, -0.1) is 0 Å². The maximum Gasteiger partial charge on any atom is 0.261 e. The highest BCUT2D eigenvalue weighted by Crippen LogP contribution is 2.25. The standard InChI is InChI=1S/C21H26FNO3/c1-4-18(26-20-12-8-6-10-17(20)22)21(24)23-13-14-25-19-11-7-5-9-16(19)15(2)3/h5-12,15,18H,4,13-14H2,1-3H3,(H,23,24)/t18-/m1/s1. The lowest BCUT2D eigenvalue weighted by Crippen LogP contribution is -2.40. The third-order valence-corrected chi connectivity index (χ3v) is 3.97. The summed E-state index contributed by atoms with van der Waals surface area (Å²) >= 11 is 0. The van der Waals surface area contributed by atoms with Gasteiger partial charge in [-0.25, -0.2) is 4.39 Å². The average Bonchev–Trinajstić information content (AvgIpc) is 2.64. The van der Waals surface area contributed by atoms with Crippen molar-refractivity contribution >= 4 is 5.91 Å². The van der Waals surface area contributed by atoms with E-state index in [1.807, 2.05) is 31.2 Å². The molecule has 0 radical (unpaired) electrons. The SMILES string of the molecule is CC[C@@H](Oc1ccccc1F)C(=O)NCCOc1ccccc1C(C)C. The number of nitrogens with one attached hydrogen (secondary N) is 1. The van der Waals surface area contributed by atoms with Crippen LogP contribution in [-0.2, 0) is 4.79 Å². The van der Waals surface area contributed by atoms with Gasteiger partial charge in [-0.05, 0) is 36.1 Å². The molecule has 4 nitrogen and oxygen atoms in total. The fourth-order valence-electron chi connectivity index (χ4n) is 2.55. The van der Waals surface area contributed by atoms with E-state index >= 15 is 0 Å². The van der Waals surface area contributed by atoms with E-state index in [1.54, 1.807) is 12.1 Å². The van der Waals surface area contributed by atoms with Crippen LogP contribution in [0.4, 0.5) is 4.39 Å². The minimum absolute atomic E-state index is 0.0802. The van der Waals surface area contributed by atoms with E-state index in [0.29, 0.717) is 25.5 Å². The predicted molar refractivity (Wildman–Crippen MR) is 100 cm³/mol. The van der Waals surface area contributed by atoms with Gasteiger partial charge in [-0.3, -0.25) is 4.79 Å². The largest absolute Gasteiger partial charge is 0.491 e. The molecule has 1 N–H and O–H groups in total. The van der Waals surface area contributed by atoms with E-state index in [9.17, 15) is 9.18 Å². The Balaban J connectivity index is 1.83. The molecule has 0 saturated carbocycles. The van der Waals surface area contributed by atoms with Crippen LogP contribution in [0.1, 0.15) is 38.7 Å². The van der Waals surface area contributed by atoms with Crippen molar-refractivity contribution in [2.75, 3.05) is 13.2 Å². The van der Waals surface area contributed by atoms with Crippen molar-refractivity contribution < 1.29 is 18.7 Å². The topological polar surface area (TPSA) is 47.6 Å². The number of ether oxygens (including phenoxy) is 2. The van der Waals surface area contributed by atoms with Gasteiger partial charge in [0.15, 0.2) is 17.7 Å². The van der Waals surface area contributed by atoms with E-state index in [2.05, 4.69) is 19.2 Å². The summed E-state index contributed by atoms with van der Waals surface area (Å²) in [6, 6.07) is 13.9. The molecule has 0 saturated heterocycles. The van der Waals surface area contributed by atoms with E-state index < -0.39 is 11.9 Å². The lowest BCUT2D eigenvalue weighted by atomic mass is 10.0. The highest BCUT2D eigenvalue weighted by atomic mass is 19.1. The Morgan fingerprint density at radius 2 is 1.73 bits per heavy atom. The van der Waals surface area contributed by atoms with E-state index in [4.69, 9.17) is 9.47 Å². The Morgan fingerprint density at radius 1 is 1.08 bits per heavy atom. The number of amides is 1. The van der Waals surface area contributed by atoms with Gasteiger partial charge in [-0.2, -0.15) is 0 Å². The second kappa shape index (κ2) is 9.80. The molecule has 140 valence electrons. The summed E-state index contributed by atoms with van der Waals surface area (Å²) in [6.45, 7) is 6.74. The molecule has 1 atom stereocenters. The highest BCUT2D eigenvalue weighted by molar-refractivity contribution is 5.81. The van der Waals surface area contributed by atoms with E-state index in [-0.39, 0.29) is 11.7 Å². The first-order valence-corrected chi connectivity index (χ1v) is 8.93. The molecular formula is C21H26FNO3. The first-order valence-electron chi connectivity index (χ1n) is 8.93. The Labute approximate surface area is 154 Å². The summed E-state index contributed by atoms with van der Waals surface area (Å²) < 4.78 is 24.9. The molecule has 0 aliphatic heterocycles. The zero-order valence-corrected chi connectivity index (χ0v) is 15.5. The zero-order valence-electron chi connectivity index (χ0n) is 15.5. The summed E-state index contributed by atoms with van der Waals surface area (Å²) in [4.78, 5) is 12.3. The van der Waals surface area contributed by atoms with Crippen LogP contribution in [0.5, 0.6) is 11.5 Å². The fraction of sp³-hybridized carbons (Fsp3) is 0.381. The van der Waals surface area contributed by atoms with Crippen molar-refractivity contribution in [2.45, 2.75) is 39.2 Å². The quantitative estimate of drug-likeness (QED) is 0.679. The molecule has 1 amide bonds. The van der Waals surface area contributed by atoms with Crippen molar-refractivity contribution in [1.29, 1.82) is 0 Å². The van der Waals surface area contributed by atoms with E-state index in [0.717, 1.165) is 11.3 Å². The average molecular weight is 359 g/mol. The second-order valence-electron chi connectivity index (χ2n) is 6.28. The van der Waals surface area contributed by atoms with Crippen LogP contribution in [-0.4, -0.2) is 25.2 Å². The molecule has 5 heteroatoms. The van der Waals surface area contributed by atoms with Crippen LogP contribution in [0.25, 0.3) is 0 Å². The molecule has 0 aliphatic rings. The van der Waals surface area contributed by atoms with Crippen LogP contribution in [0.3, 0.4) is 0 Å². The molecule has 0 aromatic heterocycles. The Hall–Kier alpha value is -2.56. The van der Waals surface area contributed by atoms with Crippen LogP contribution in [0.2, 0.25) is 0 Å². The van der Waals surface area contributed by atoms with Crippen LogP contribution >= 0.6 is 0 Å². The lowest BCUT2D eigenvalue weighted by Gasteiger charge is -2.18. The van der Waals surface area contributed by atoms with Crippen LogP contribution in [0, 0.1) is 5.82 Å². The number of carbonyl (C=O) groups is 1. The Bertz CT molecular complexity index is 718. The Kier molecular flexibility index (Phi) is 7.45. The minimum Gasteiger partial charge on any atom is -0.491 e. The molecule has 0 fully saturated rings. The number of halogens is 1. The summed E-state index contributed by atoms with van der Waals surface area (Å²) in [7, 11) is 0. The number of para-hydroxylation sites is 2. The van der Waals surface area contributed by atoms with Crippen LogP contribution in [0.15, 0.2) is 48.5 Å².